The molecule has 0 aromatic heterocycles. The maximum atomic E-state index is 13.9. The van der Waals surface area contributed by atoms with Crippen LogP contribution in [0.2, 0.25) is 0 Å². The summed E-state index contributed by atoms with van der Waals surface area (Å²) < 4.78 is 27.5. The van der Waals surface area contributed by atoms with Crippen LogP contribution in [0.4, 0.5) is 14.5 Å². The predicted octanol–water partition coefficient (Wildman–Crippen LogP) is 2.02. The van der Waals surface area contributed by atoms with Crippen molar-refractivity contribution in [2.45, 2.75) is 26.3 Å². The molecule has 3 nitrogen and oxygen atoms in total. The summed E-state index contributed by atoms with van der Waals surface area (Å²) in [5.74, 6) is -1.78. The zero-order valence-electron chi connectivity index (χ0n) is 10.6. The molecule has 0 aliphatic carbocycles. The van der Waals surface area contributed by atoms with Crippen LogP contribution in [0.5, 0.6) is 0 Å². The molecular weight excluding hydrogens is 238 g/mol. The van der Waals surface area contributed by atoms with Crippen LogP contribution in [0.1, 0.15) is 25.3 Å². The molecule has 18 heavy (non-hydrogen) atoms. The summed E-state index contributed by atoms with van der Waals surface area (Å²) in [6.45, 7) is 2.78. The Morgan fingerprint density at radius 3 is 2.50 bits per heavy atom. The Morgan fingerprint density at radius 2 is 1.94 bits per heavy atom. The minimum Gasteiger partial charge on any atom is -0.395 e. The summed E-state index contributed by atoms with van der Waals surface area (Å²) in [5.41, 5.74) is 5.67. The number of benzene rings is 1. The first-order chi connectivity index (χ1) is 8.65. The lowest BCUT2D eigenvalue weighted by molar-refractivity contribution is 0.301. The van der Waals surface area contributed by atoms with Gasteiger partial charge in [0.1, 0.15) is 0 Å². The quantitative estimate of drug-likeness (QED) is 0.786. The summed E-state index contributed by atoms with van der Waals surface area (Å²) in [6.07, 6.45) is 1.81. The number of aliphatic hydroxyl groups is 1. The first-order valence-corrected chi connectivity index (χ1v) is 6.18. The van der Waals surface area contributed by atoms with Gasteiger partial charge in [-0.2, -0.15) is 0 Å². The van der Waals surface area contributed by atoms with Crippen LogP contribution in [0.25, 0.3) is 0 Å². The van der Waals surface area contributed by atoms with Gasteiger partial charge >= 0.3 is 0 Å². The first-order valence-electron chi connectivity index (χ1n) is 6.18. The highest BCUT2D eigenvalue weighted by atomic mass is 19.2. The SMILES string of the molecule is CCCCN(CCO)c1ccc(CN)c(F)c1F. The third kappa shape index (κ3) is 3.40. The van der Waals surface area contributed by atoms with E-state index in [4.69, 9.17) is 10.8 Å². The number of nitrogens with two attached hydrogens (primary N) is 1. The summed E-state index contributed by atoms with van der Waals surface area (Å²) in [6, 6.07) is 3.01. The Kier molecular flexibility index (Phi) is 6.01. The van der Waals surface area contributed by atoms with E-state index >= 15 is 0 Å². The smallest absolute Gasteiger partial charge is 0.182 e. The molecule has 3 N–H and O–H groups in total. The zero-order valence-corrected chi connectivity index (χ0v) is 10.6. The molecule has 0 spiro atoms. The van der Waals surface area contributed by atoms with Crippen molar-refractivity contribution in [2.24, 2.45) is 5.73 Å². The molecule has 1 aromatic rings. The van der Waals surface area contributed by atoms with Gasteiger partial charge in [-0.15, -0.1) is 0 Å². The summed E-state index contributed by atoms with van der Waals surface area (Å²) >= 11 is 0. The standard InChI is InChI=1S/C13H20F2N2O/c1-2-3-6-17(7-8-18)11-5-4-10(9-16)12(14)13(11)15/h4-5,18H,2-3,6-9,16H2,1H3. The van der Waals surface area contributed by atoms with Gasteiger partial charge in [0.05, 0.1) is 12.3 Å². The van der Waals surface area contributed by atoms with E-state index in [1.54, 1.807) is 4.90 Å². The van der Waals surface area contributed by atoms with Crippen LogP contribution in [0.3, 0.4) is 0 Å². The van der Waals surface area contributed by atoms with Crippen molar-refractivity contribution in [2.75, 3.05) is 24.6 Å². The van der Waals surface area contributed by atoms with Gasteiger partial charge in [-0.1, -0.05) is 19.4 Å². The number of halogens is 2. The molecule has 0 amide bonds. The molecule has 1 rings (SSSR count). The van der Waals surface area contributed by atoms with E-state index in [-0.39, 0.29) is 24.4 Å². The molecule has 0 fully saturated rings. The molecule has 0 atom stereocenters. The maximum Gasteiger partial charge on any atom is 0.182 e. The third-order valence-corrected chi connectivity index (χ3v) is 2.85. The molecule has 0 aliphatic rings. The molecule has 102 valence electrons. The van der Waals surface area contributed by atoms with Crippen molar-refractivity contribution in [1.82, 2.24) is 0 Å². The topological polar surface area (TPSA) is 49.5 Å². The Bertz CT molecular complexity index is 385. The Balaban J connectivity index is 3.00. The van der Waals surface area contributed by atoms with Gasteiger partial charge in [0.2, 0.25) is 0 Å². The maximum absolute atomic E-state index is 13.9. The highest BCUT2D eigenvalue weighted by molar-refractivity contribution is 5.50. The monoisotopic (exact) mass is 258 g/mol. The molecule has 0 aliphatic heterocycles. The van der Waals surface area contributed by atoms with Crippen molar-refractivity contribution < 1.29 is 13.9 Å². The van der Waals surface area contributed by atoms with E-state index in [1.165, 1.54) is 12.1 Å². The van der Waals surface area contributed by atoms with E-state index in [9.17, 15) is 8.78 Å². The van der Waals surface area contributed by atoms with Gasteiger partial charge in [-0.3, -0.25) is 0 Å². The van der Waals surface area contributed by atoms with Crippen LogP contribution in [0.15, 0.2) is 12.1 Å². The average molecular weight is 258 g/mol. The van der Waals surface area contributed by atoms with E-state index in [0.717, 1.165) is 12.8 Å². The predicted molar refractivity (Wildman–Crippen MR) is 68.5 cm³/mol. The van der Waals surface area contributed by atoms with Gasteiger partial charge in [0.25, 0.3) is 0 Å². The lowest BCUT2D eigenvalue weighted by Crippen LogP contribution is -2.29. The van der Waals surface area contributed by atoms with E-state index in [2.05, 4.69) is 0 Å². The van der Waals surface area contributed by atoms with Gasteiger partial charge in [-0.25, -0.2) is 8.78 Å². The van der Waals surface area contributed by atoms with Crippen molar-refractivity contribution in [1.29, 1.82) is 0 Å². The molecule has 0 heterocycles. The highest BCUT2D eigenvalue weighted by Crippen LogP contribution is 2.24. The van der Waals surface area contributed by atoms with Gasteiger partial charge in [-0.05, 0) is 12.5 Å². The second-order valence-corrected chi connectivity index (χ2v) is 4.14. The van der Waals surface area contributed by atoms with Gasteiger partial charge in [0, 0.05) is 25.2 Å². The number of unbranched alkanes of at least 4 members (excludes halogenated alkanes) is 1. The number of hydrogen-bond donors (Lipinski definition) is 2. The molecule has 0 unspecified atom stereocenters. The normalized spacial score (nSPS) is 10.7. The third-order valence-electron chi connectivity index (χ3n) is 2.85. The van der Waals surface area contributed by atoms with Crippen LogP contribution in [-0.2, 0) is 6.54 Å². The fourth-order valence-electron chi connectivity index (χ4n) is 1.80. The van der Waals surface area contributed by atoms with Crippen LogP contribution < -0.4 is 10.6 Å². The number of anilines is 1. The van der Waals surface area contributed by atoms with E-state index < -0.39 is 11.6 Å². The Morgan fingerprint density at radius 1 is 1.22 bits per heavy atom. The van der Waals surface area contributed by atoms with Crippen molar-refractivity contribution in [3.05, 3.63) is 29.3 Å². The first kappa shape index (κ1) is 14.9. The lowest BCUT2D eigenvalue weighted by atomic mass is 10.1. The fourth-order valence-corrected chi connectivity index (χ4v) is 1.80. The highest BCUT2D eigenvalue weighted by Gasteiger charge is 2.17. The number of rotatable bonds is 7. The Labute approximate surface area is 106 Å². The zero-order chi connectivity index (χ0) is 13.5. The molecular formula is C13H20F2N2O. The number of hydrogen-bond acceptors (Lipinski definition) is 3. The second kappa shape index (κ2) is 7.28. The van der Waals surface area contributed by atoms with Crippen molar-refractivity contribution in [3.63, 3.8) is 0 Å². The van der Waals surface area contributed by atoms with E-state index in [1.807, 2.05) is 6.92 Å². The summed E-state index contributed by atoms with van der Waals surface area (Å²) in [5, 5.41) is 8.98. The average Bonchev–Trinajstić information content (AvgIpc) is 2.38. The largest absolute Gasteiger partial charge is 0.395 e. The minimum absolute atomic E-state index is 0.0298. The van der Waals surface area contributed by atoms with Crippen molar-refractivity contribution in [3.8, 4) is 0 Å². The molecule has 0 bridgehead atoms. The molecule has 1 aromatic carbocycles. The van der Waals surface area contributed by atoms with Crippen LogP contribution >= 0.6 is 0 Å². The minimum atomic E-state index is -0.894. The Hall–Kier alpha value is -1.20. The van der Waals surface area contributed by atoms with Gasteiger partial charge in [0.15, 0.2) is 11.6 Å². The van der Waals surface area contributed by atoms with Crippen molar-refractivity contribution >= 4 is 5.69 Å². The molecule has 0 saturated heterocycles. The summed E-state index contributed by atoms with van der Waals surface area (Å²) in [4.78, 5) is 1.65. The summed E-state index contributed by atoms with van der Waals surface area (Å²) in [7, 11) is 0. The van der Waals surface area contributed by atoms with Gasteiger partial charge < -0.3 is 15.7 Å². The fraction of sp³-hybridized carbons (Fsp3) is 0.538. The second-order valence-electron chi connectivity index (χ2n) is 4.14. The van der Waals surface area contributed by atoms with Crippen LogP contribution in [0, 0.1) is 11.6 Å². The molecule has 5 heteroatoms. The molecule has 0 radical (unpaired) electrons. The number of nitrogens with zero attached hydrogens (tertiary/aromatic N) is 1. The van der Waals surface area contributed by atoms with E-state index in [0.29, 0.717) is 13.1 Å². The molecule has 0 saturated carbocycles. The number of aliphatic hydroxyl groups excluding tert-OH is 1. The van der Waals surface area contributed by atoms with Crippen LogP contribution in [-0.4, -0.2) is 24.8 Å². The lowest BCUT2D eigenvalue weighted by Gasteiger charge is -2.24.